The van der Waals surface area contributed by atoms with Gasteiger partial charge in [-0.25, -0.2) is 9.97 Å². The van der Waals surface area contributed by atoms with Crippen molar-refractivity contribution in [3.8, 4) is 5.82 Å². The van der Waals surface area contributed by atoms with E-state index in [0.717, 1.165) is 18.7 Å². The Bertz CT molecular complexity index is 533. The highest BCUT2D eigenvalue weighted by Gasteiger charge is 2.13. The fourth-order valence-corrected chi connectivity index (χ4v) is 1.72. The summed E-state index contributed by atoms with van der Waals surface area (Å²) in [4.78, 5) is 19.8. The number of rotatable bonds is 4. The molecular weight excluding hydrogens is 216 g/mol. The van der Waals surface area contributed by atoms with Gasteiger partial charge in [0.2, 0.25) is 0 Å². The van der Waals surface area contributed by atoms with Crippen molar-refractivity contribution in [3.05, 3.63) is 42.1 Å². The standard InChI is InChI=1S/C12H14N4O/c1-2-4-10-14-7-8-16(10)12-9(11(13)17)5-3-6-15-12/h3,5-8H,2,4H2,1H3,(H2,13,17). The zero-order valence-corrected chi connectivity index (χ0v) is 9.63. The van der Waals surface area contributed by atoms with Crippen LogP contribution < -0.4 is 5.73 Å². The Balaban J connectivity index is 2.52. The average Bonchev–Trinajstić information content (AvgIpc) is 2.77. The topological polar surface area (TPSA) is 73.8 Å². The Hall–Kier alpha value is -2.17. The first kappa shape index (κ1) is 11.3. The zero-order chi connectivity index (χ0) is 12.3. The van der Waals surface area contributed by atoms with E-state index in [-0.39, 0.29) is 0 Å². The lowest BCUT2D eigenvalue weighted by molar-refractivity contribution is 0.1000. The minimum atomic E-state index is -0.482. The van der Waals surface area contributed by atoms with Crippen LogP contribution in [0.25, 0.3) is 5.82 Å². The summed E-state index contributed by atoms with van der Waals surface area (Å²) in [5, 5.41) is 0. The lowest BCUT2D eigenvalue weighted by Gasteiger charge is -2.09. The molecule has 17 heavy (non-hydrogen) atoms. The Morgan fingerprint density at radius 1 is 1.41 bits per heavy atom. The summed E-state index contributed by atoms with van der Waals surface area (Å²) >= 11 is 0. The molecule has 5 nitrogen and oxygen atoms in total. The van der Waals surface area contributed by atoms with Crippen LogP contribution in [-0.2, 0) is 6.42 Å². The molecule has 2 N–H and O–H groups in total. The lowest BCUT2D eigenvalue weighted by Crippen LogP contribution is -2.16. The Kier molecular flexibility index (Phi) is 3.18. The van der Waals surface area contributed by atoms with Crippen LogP contribution in [0.1, 0.15) is 29.5 Å². The number of aromatic nitrogens is 3. The van der Waals surface area contributed by atoms with E-state index in [4.69, 9.17) is 5.73 Å². The molecule has 2 rings (SSSR count). The van der Waals surface area contributed by atoms with Crippen molar-refractivity contribution >= 4 is 5.91 Å². The number of carbonyl (C=O) groups excluding carboxylic acids is 1. The maximum Gasteiger partial charge on any atom is 0.252 e. The first-order chi connectivity index (χ1) is 8.24. The molecule has 0 spiro atoms. The molecule has 0 saturated carbocycles. The highest BCUT2D eigenvalue weighted by molar-refractivity contribution is 5.95. The molecule has 0 atom stereocenters. The third kappa shape index (κ3) is 2.18. The van der Waals surface area contributed by atoms with Gasteiger partial charge in [-0.1, -0.05) is 6.92 Å². The van der Waals surface area contributed by atoms with Gasteiger partial charge in [-0.2, -0.15) is 0 Å². The molecule has 0 bridgehead atoms. The van der Waals surface area contributed by atoms with Crippen LogP contribution >= 0.6 is 0 Å². The van der Waals surface area contributed by atoms with E-state index in [2.05, 4.69) is 16.9 Å². The number of hydrogen-bond acceptors (Lipinski definition) is 3. The Morgan fingerprint density at radius 3 is 2.94 bits per heavy atom. The summed E-state index contributed by atoms with van der Waals surface area (Å²) in [5.74, 6) is 0.943. The molecule has 0 aliphatic rings. The average molecular weight is 230 g/mol. The number of aryl methyl sites for hydroxylation is 1. The summed E-state index contributed by atoms with van der Waals surface area (Å²) in [6, 6.07) is 3.36. The predicted octanol–water partition coefficient (Wildman–Crippen LogP) is 1.32. The number of nitrogens with two attached hydrogens (primary N) is 1. The van der Waals surface area contributed by atoms with Gasteiger partial charge < -0.3 is 5.73 Å². The smallest absolute Gasteiger partial charge is 0.252 e. The van der Waals surface area contributed by atoms with Crippen molar-refractivity contribution in [1.82, 2.24) is 14.5 Å². The van der Waals surface area contributed by atoms with E-state index in [9.17, 15) is 4.79 Å². The molecule has 0 radical (unpaired) electrons. The van der Waals surface area contributed by atoms with Crippen LogP contribution in [0.5, 0.6) is 0 Å². The molecule has 0 saturated heterocycles. The highest BCUT2D eigenvalue weighted by atomic mass is 16.1. The van der Waals surface area contributed by atoms with Crippen LogP contribution in [0.2, 0.25) is 0 Å². The van der Waals surface area contributed by atoms with Gasteiger partial charge in [-0.3, -0.25) is 9.36 Å². The molecule has 0 unspecified atom stereocenters. The maximum atomic E-state index is 11.3. The third-order valence-corrected chi connectivity index (χ3v) is 2.47. The number of carbonyl (C=O) groups is 1. The van der Waals surface area contributed by atoms with E-state index in [0.29, 0.717) is 11.4 Å². The maximum absolute atomic E-state index is 11.3. The fourth-order valence-electron chi connectivity index (χ4n) is 1.72. The summed E-state index contributed by atoms with van der Waals surface area (Å²) in [7, 11) is 0. The normalized spacial score (nSPS) is 10.4. The molecule has 2 aromatic heterocycles. The lowest BCUT2D eigenvalue weighted by atomic mass is 10.2. The van der Waals surface area contributed by atoms with Crippen molar-refractivity contribution in [1.29, 1.82) is 0 Å². The summed E-state index contributed by atoms with van der Waals surface area (Å²) in [6.07, 6.45) is 6.94. The van der Waals surface area contributed by atoms with Crippen LogP contribution in [-0.4, -0.2) is 20.4 Å². The number of pyridine rings is 1. The van der Waals surface area contributed by atoms with E-state index >= 15 is 0 Å². The molecule has 88 valence electrons. The molecule has 0 fully saturated rings. The van der Waals surface area contributed by atoms with Crippen molar-refractivity contribution in [2.45, 2.75) is 19.8 Å². The molecule has 1 amide bonds. The zero-order valence-electron chi connectivity index (χ0n) is 9.63. The molecule has 5 heteroatoms. The Morgan fingerprint density at radius 2 is 2.24 bits per heavy atom. The van der Waals surface area contributed by atoms with Crippen LogP contribution in [0, 0.1) is 0 Å². The van der Waals surface area contributed by atoms with Crippen LogP contribution in [0.3, 0.4) is 0 Å². The van der Waals surface area contributed by atoms with Gasteiger partial charge in [0.15, 0.2) is 5.82 Å². The first-order valence-corrected chi connectivity index (χ1v) is 5.51. The predicted molar refractivity (Wildman–Crippen MR) is 63.9 cm³/mol. The number of imidazole rings is 1. The molecule has 0 aliphatic carbocycles. The fraction of sp³-hybridized carbons (Fsp3) is 0.250. The van der Waals surface area contributed by atoms with E-state index in [1.54, 1.807) is 30.7 Å². The van der Waals surface area contributed by atoms with Crippen molar-refractivity contribution < 1.29 is 4.79 Å². The second kappa shape index (κ2) is 4.78. The molecule has 2 heterocycles. The summed E-state index contributed by atoms with van der Waals surface area (Å²) in [5.41, 5.74) is 5.74. The summed E-state index contributed by atoms with van der Waals surface area (Å²) in [6.45, 7) is 2.08. The first-order valence-electron chi connectivity index (χ1n) is 5.51. The van der Waals surface area contributed by atoms with Gasteiger partial charge in [-0.15, -0.1) is 0 Å². The number of nitrogens with zero attached hydrogens (tertiary/aromatic N) is 3. The molecule has 2 aromatic rings. The van der Waals surface area contributed by atoms with E-state index < -0.39 is 5.91 Å². The quantitative estimate of drug-likeness (QED) is 0.860. The van der Waals surface area contributed by atoms with E-state index in [1.165, 1.54) is 0 Å². The minimum absolute atomic E-state index is 0.405. The second-order valence-corrected chi connectivity index (χ2v) is 3.70. The third-order valence-electron chi connectivity index (χ3n) is 2.47. The molecule has 0 aliphatic heterocycles. The van der Waals surface area contributed by atoms with Crippen LogP contribution in [0.15, 0.2) is 30.7 Å². The van der Waals surface area contributed by atoms with Crippen molar-refractivity contribution in [2.24, 2.45) is 5.73 Å². The Labute approximate surface area is 99.3 Å². The van der Waals surface area contributed by atoms with Crippen molar-refractivity contribution in [3.63, 3.8) is 0 Å². The molecule has 0 aromatic carbocycles. The molecular formula is C12H14N4O. The SMILES string of the molecule is CCCc1nccn1-c1ncccc1C(N)=O. The number of amides is 1. The number of primary amides is 1. The minimum Gasteiger partial charge on any atom is -0.365 e. The van der Waals surface area contributed by atoms with E-state index in [1.807, 2.05) is 4.57 Å². The monoisotopic (exact) mass is 230 g/mol. The summed E-state index contributed by atoms with van der Waals surface area (Å²) < 4.78 is 1.81. The van der Waals surface area contributed by atoms with Crippen LogP contribution in [0.4, 0.5) is 0 Å². The highest BCUT2D eigenvalue weighted by Crippen LogP contribution is 2.14. The van der Waals surface area contributed by atoms with Gasteiger partial charge in [-0.05, 0) is 18.6 Å². The van der Waals surface area contributed by atoms with Crippen molar-refractivity contribution in [2.75, 3.05) is 0 Å². The van der Waals surface area contributed by atoms with Gasteiger partial charge in [0.05, 0.1) is 5.56 Å². The van der Waals surface area contributed by atoms with Gasteiger partial charge in [0.1, 0.15) is 5.82 Å². The van der Waals surface area contributed by atoms with Gasteiger partial charge in [0.25, 0.3) is 5.91 Å². The van der Waals surface area contributed by atoms with Gasteiger partial charge in [0, 0.05) is 25.0 Å². The van der Waals surface area contributed by atoms with Gasteiger partial charge >= 0.3 is 0 Å². The second-order valence-electron chi connectivity index (χ2n) is 3.70. The largest absolute Gasteiger partial charge is 0.365 e. The number of hydrogen-bond donors (Lipinski definition) is 1.